The first-order valence-electron chi connectivity index (χ1n) is 13.0. The maximum Gasteiger partial charge on any atom is 0.343 e. The Morgan fingerprint density at radius 2 is 1.62 bits per heavy atom. The number of benzene rings is 2. The normalized spacial score (nSPS) is 19.4. The van der Waals surface area contributed by atoms with Crippen LogP contribution in [0.15, 0.2) is 48.5 Å². The lowest BCUT2D eigenvalue weighted by molar-refractivity contribution is 0.0734. The van der Waals surface area contributed by atoms with Crippen molar-refractivity contribution in [3.05, 3.63) is 81.2 Å². The first-order valence-corrected chi connectivity index (χ1v) is 13.9. The van der Waals surface area contributed by atoms with Crippen LogP contribution in [-0.2, 0) is 18.3 Å². The van der Waals surface area contributed by atoms with E-state index in [-0.39, 0.29) is 28.9 Å². The Labute approximate surface area is 223 Å². The molecule has 2 aliphatic rings. The highest BCUT2D eigenvalue weighted by molar-refractivity contribution is 7.16. The Kier molecular flexibility index (Phi) is 6.43. The van der Waals surface area contributed by atoms with Crippen molar-refractivity contribution >= 4 is 28.2 Å². The zero-order valence-electron chi connectivity index (χ0n) is 22.5. The Balaban J connectivity index is 1.27. The molecule has 1 aliphatic carbocycles. The lowest BCUT2D eigenvalue weighted by Crippen LogP contribution is -2.38. The molecular weight excluding hydrogens is 480 g/mol. The molecule has 194 valence electrons. The molecule has 2 N–H and O–H groups in total. The van der Waals surface area contributed by atoms with E-state index in [9.17, 15) is 9.59 Å². The van der Waals surface area contributed by atoms with Crippen LogP contribution in [0.1, 0.15) is 96.4 Å². The molecule has 1 amide bonds. The van der Waals surface area contributed by atoms with Crippen molar-refractivity contribution in [1.29, 1.82) is 0 Å². The summed E-state index contributed by atoms with van der Waals surface area (Å²) in [5.74, 6) is 0.696. The third kappa shape index (κ3) is 5.17. The minimum atomic E-state index is -0.389. The number of hydrogen-bond acceptors (Lipinski definition) is 5. The van der Waals surface area contributed by atoms with Crippen LogP contribution in [-0.4, -0.2) is 11.9 Å². The van der Waals surface area contributed by atoms with Crippen molar-refractivity contribution in [2.45, 2.75) is 72.4 Å². The summed E-state index contributed by atoms with van der Waals surface area (Å²) in [7, 11) is 0. The van der Waals surface area contributed by atoms with Crippen LogP contribution in [0.5, 0.6) is 5.75 Å². The number of thiophene rings is 1. The van der Waals surface area contributed by atoms with E-state index < -0.39 is 0 Å². The van der Waals surface area contributed by atoms with Crippen molar-refractivity contribution in [2.24, 2.45) is 11.3 Å². The predicted molar refractivity (Wildman–Crippen MR) is 150 cm³/mol. The summed E-state index contributed by atoms with van der Waals surface area (Å²) in [6.45, 7) is 13.3. The summed E-state index contributed by atoms with van der Waals surface area (Å²) in [6, 6.07) is 14.9. The molecule has 37 heavy (non-hydrogen) atoms. The van der Waals surface area contributed by atoms with Crippen molar-refractivity contribution in [1.82, 2.24) is 5.32 Å². The van der Waals surface area contributed by atoms with E-state index in [0.717, 1.165) is 35.4 Å². The highest BCUT2D eigenvalue weighted by atomic mass is 32.1. The Bertz CT molecular complexity index is 1330. The smallest absolute Gasteiger partial charge is 0.343 e. The summed E-state index contributed by atoms with van der Waals surface area (Å²) in [5, 5.41) is 7.62. The molecule has 0 spiro atoms. The van der Waals surface area contributed by atoms with Crippen molar-refractivity contribution in [3.8, 4) is 5.75 Å². The molecule has 2 aromatic carbocycles. The largest absolute Gasteiger partial charge is 0.423 e. The minimum absolute atomic E-state index is 0.0142. The molecule has 0 unspecified atom stereocenters. The second-order valence-electron chi connectivity index (χ2n) is 12.4. The number of amides is 1. The van der Waals surface area contributed by atoms with Gasteiger partial charge in [0.15, 0.2) is 0 Å². The van der Waals surface area contributed by atoms with Crippen LogP contribution in [0.4, 0.5) is 5.00 Å². The Morgan fingerprint density at radius 3 is 2.24 bits per heavy atom. The molecule has 0 saturated carbocycles. The van der Waals surface area contributed by atoms with E-state index in [0.29, 0.717) is 17.2 Å². The highest BCUT2D eigenvalue weighted by Crippen LogP contribution is 2.46. The number of carbonyl (C=O) groups is 2. The third-order valence-corrected chi connectivity index (χ3v) is 8.86. The molecule has 0 fully saturated rings. The summed E-state index contributed by atoms with van der Waals surface area (Å²) in [4.78, 5) is 27.1. The number of esters is 1. The van der Waals surface area contributed by atoms with Crippen molar-refractivity contribution in [2.75, 3.05) is 5.32 Å². The van der Waals surface area contributed by atoms with Gasteiger partial charge in [-0.1, -0.05) is 65.8 Å². The van der Waals surface area contributed by atoms with Crippen LogP contribution in [0.25, 0.3) is 0 Å². The van der Waals surface area contributed by atoms with Crippen LogP contribution in [0, 0.1) is 11.3 Å². The molecule has 0 saturated heterocycles. The van der Waals surface area contributed by atoms with Crippen LogP contribution in [0.2, 0.25) is 0 Å². The van der Waals surface area contributed by atoms with E-state index in [1.807, 2.05) is 24.3 Å². The molecule has 3 aromatic rings. The van der Waals surface area contributed by atoms with Gasteiger partial charge in [-0.2, -0.15) is 0 Å². The monoisotopic (exact) mass is 516 g/mol. The topological polar surface area (TPSA) is 67.4 Å². The van der Waals surface area contributed by atoms with E-state index in [1.54, 1.807) is 35.6 Å². The third-order valence-electron chi connectivity index (χ3n) is 7.68. The number of ether oxygens (including phenoxy) is 1. The summed E-state index contributed by atoms with van der Waals surface area (Å²) < 4.78 is 5.59. The van der Waals surface area contributed by atoms with Gasteiger partial charge >= 0.3 is 5.97 Å². The molecule has 2 heterocycles. The molecule has 5 nitrogen and oxygen atoms in total. The van der Waals surface area contributed by atoms with Gasteiger partial charge in [-0.05, 0) is 77.0 Å². The Hall–Kier alpha value is -3.12. The fourth-order valence-corrected chi connectivity index (χ4v) is 6.56. The van der Waals surface area contributed by atoms with Crippen LogP contribution in [0.3, 0.4) is 0 Å². The van der Waals surface area contributed by atoms with Gasteiger partial charge in [0.25, 0.3) is 5.91 Å². The molecule has 1 aliphatic heterocycles. The summed E-state index contributed by atoms with van der Waals surface area (Å²) in [5.41, 5.74) is 4.93. The summed E-state index contributed by atoms with van der Waals surface area (Å²) in [6.07, 6.45) is 2.79. The molecule has 5 rings (SSSR count). The molecule has 6 heteroatoms. The van der Waals surface area contributed by atoms with Gasteiger partial charge in [0.05, 0.1) is 11.1 Å². The number of hydrogen-bond donors (Lipinski definition) is 2. The fraction of sp³-hybridized carbons (Fsp3) is 0.419. The van der Waals surface area contributed by atoms with E-state index >= 15 is 0 Å². The zero-order chi connectivity index (χ0) is 26.5. The minimum Gasteiger partial charge on any atom is -0.423 e. The first kappa shape index (κ1) is 25.5. The van der Waals surface area contributed by atoms with E-state index in [2.05, 4.69) is 52.2 Å². The molecule has 1 aromatic heterocycles. The molecule has 0 radical (unpaired) electrons. The lowest BCUT2D eigenvalue weighted by atomic mass is 9.72. The van der Waals surface area contributed by atoms with Gasteiger partial charge in [-0.15, -0.1) is 11.3 Å². The number of carbonyl (C=O) groups excluding carboxylic acids is 2. The number of anilines is 1. The number of fused-ring (bicyclic) bond motifs is 3. The SMILES string of the molecule is CC(C)(C)c1ccc(C(=O)Oc2ccc([C@@H]3NC(=O)c4c(sc5c4CC[C@H](C(C)(C)C)C5)N3)cc2)cc1. The van der Waals surface area contributed by atoms with Gasteiger partial charge in [0.1, 0.15) is 16.9 Å². The van der Waals surface area contributed by atoms with Gasteiger partial charge < -0.3 is 15.4 Å². The second kappa shape index (κ2) is 9.32. The van der Waals surface area contributed by atoms with E-state index in [4.69, 9.17) is 4.74 Å². The van der Waals surface area contributed by atoms with Gasteiger partial charge in [0, 0.05) is 4.88 Å². The quantitative estimate of drug-likeness (QED) is 0.284. The summed E-state index contributed by atoms with van der Waals surface area (Å²) >= 11 is 1.73. The molecule has 0 bridgehead atoms. The van der Waals surface area contributed by atoms with Crippen LogP contribution >= 0.6 is 11.3 Å². The maximum atomic E-state index is 13.1. The van der Waals surface area contributed by atoms with Crippen molar-refractivity contribution in [3.63, 3.8) is 0 Å². The van der Waals surface area contributed by atoms with Crippen LogP contribution < -0.4 is 15.4 Å². The van der Waals surface area contributed by atoms with Gasteiger partial charge in [-0.25, -0.2) is 4.79 Å². The average molecular weight is 517 g/mol. The number of nitrogens with one attached hydrogen (secondary N) is 2. The number of rotatable bonds is 3. The lowest BCUT2D eigenvalue weighted by Gasteiger charge is -2.34. The highest BCUT2D eigenvalue weighted by Gasteiger charge is 2.36. The molecule has 2 atom stereocenters. The van der Waals surface area contributed by atoms with Crippen molar-refractivity contribution < 1.29 is 14.3 Å². The average Bonchev–Trinajstić information content (AvgIpc) is 3.22. The second-order valence-corrected chi connectivity index (χ2v) is 13.5. The standard InChI is InChI=1S/C31H36N2O3S/c1-30(2,3)20-11-7-19(8-12-20)29(35)36-22-14-9-18(10-15-22)26-32-27(34)25-23-16-13-21(31(4,5)6)17-24(23)37-28(25)33-26/h7-12,14-15,21,26,33H,13,16-17H2,1-6H3,(H,32,34)/t21-,26+/m0/s1. The zero-order valence-corrected chi connectivity index (χ0v) is 23.3. The maximum absolute atomic E-state index is 13.1. The van der Waals surface area contributed by atoms with E-state index in [1.165, 1.54) is 16.0 Å². The fourth-order valence-electron chi connectivity index (χ4n) is 5.20. The predicted octanol–water partition coefficient (Wildman–Crippen LogP) is 7.27. The molecular formula is C31H36N2O3S. The van der Waals surface area contributed by atoms with Gasteiger partial charge in [-0.3, -0.25) is 4.79 Å². The Morgan fingerprint density at radius 1 is 0.946 bits per heavy atom. The van der Waals surface area contributed by atoms with Gasteiger partial charge in [0.2, 0.25) is 0 Å². The first-order chi connectivity index (χ1) is 17.4.